The molecular weight excluding hydrogens is 396 g/mol. The first kappa shape index (κ1) is 22.9. The zero-order valence-electron chi connectivity index (χ0n) is 16.8. The zero-order valence-corrected chi connectivity index (χ0v) is 17.5. The smallest absolute Gasteiger partial charge is 0.328 e. The maximum absolute atomic E-state index is 12.8. The summed E-state index contributed by atoms with van der Waals surface area (Å²) in [4.78, 5) is 47.9. The van der Waals surface area contributed by atoms with Gasteiger partial charge in [0.25, 0.3) is 0 Å². The summed E-state index contributed by atoms with van der Waals surface area (Å²) in [5.74, 6) is -2.17. The maximum atomic E-state index is 12.8. The predicted molar refractivity (Wildman–Crippen MR) is 108 cm³/mol. The molecule has 1 aliphatic carbocycles. The van der Waals surface area contributed by atoms with E-state index in [1.54, 1.807) is 19.1 Å². The van der Waals surface area contributed by atoms with Crippen molar-refractivity contribution in [1.29, 1.82) is 0 Å². The Morgan fingerprint density at radius 1 is 1.17 bits per heavy atom. The SMILES string of the molecule is CCOC(=O)CC(=O)NC(=O)NC(=O)C(CC1CCCC1)c1ccc(Cl)c(C)c1. The molecule has 0 heterocycles. The van der Waals surface area contributed by atoms with Crippen LogP contribution in [0.25, 0.3) is 0 Å². The summed E-state index contributed by atoms with van der Waals surface area (Å²) in [7, 11) is 0. The van der Waals surface area contributed by atoms with Crippen LogP contribution in [0.15, 0.2) is 18.2 Å². The van der Waals surface area contributed by atoms with Crippen molar-refractivity contribution in [3.8, 4) is 0 Å². The van der Waals surface area contributed by atoms with Gasteiger partial charge in [-0.05, 0) is 43.4 Å². The van der Waals surface area contributed by atoms with Gasteiger partial charge in [0.15, 0.2) is 0 Å². The topological polar surface area (TPSA) is 102 Å². The fraction of sp³-hybridized carbons (Fsp3) is 0.524. The van der Waals surface area contributed by atoms with Gasteiger partial charge < -0.3 is 4.74 Å². The number of aryl methyl sites for hydroxylation is 1. The lowest BCUT2D eigenvalue weighted by Crippen LogP contribution is -2.45. The highest BCUT2D eigenvalue weighted by Gasteiger charge is 2.28. The van der Waals surface area contributed by atoms with Crippen LogP contribution in [0.2, 0.25) is 5.02 Å². The summed E-state index contributed by atoms with van der Waals surface area (Å²) in [6, 6.07) is 4.43. The van der Waals surface area contributed by atoms with E-state index in [4.69, 9.17) is 11.6 Å². The quantitative estimate of drug-likeness (QED) is 0.516. The molecule has 1 aromatic carbocycles. The zero-order chi connectivity index (χ0) is 21.4. The van der Waals surface area contributed by atoms with E-state index >= 15 is 0 Å². The minimum absolute atomic E-state index is 0.139. The minimum Gasteiger partial charge on any atom is -0.466 e. The van der Waals surface area contributed by atoms with E-state index in [1.807, 2.05) is 18.3 Å². The van der Waals surface area contributed by atoms with E-state index < -0.39 is 36.2 Å². The van der Waals surface area contributed by atoms with Crippen molar-refractivity contribution in [3.63, 3.8) is 0 Å². The third kappa shape index (κ3) is 7.16. The number of ether oxygens (including phenoxy) is 1. The summed E-state index contributed by atoms with van der Waals surface area (Å²) in [5.41, 5.74) is 1.63. The van der Waals surface area contributed by atoms with E-state index in [0.29, 0.717) is 17.4 Å². The Morgan fingerprint density at radius 3 is 2.48 bits per heavy atom. The molecule has 8 heteroatoms. The second kappa shape index (κ2) is 11.0. The lowest BCUT2D eigenvalue weighted by molar-refractivity contribution is -0.145. The van der Waals surface area contributed by atoms with Crippen molar-refractivity contribution in [1.82, 2.24) is 10.6 Å². The van der Waals surface area contributed by atoms with Crippen LogP contribution >= 0.6 is 11.6 Å². The number of benzene rings is 1. The summed E-state index contributed by atoms with van der Waals surface area (Å²) in [6.45, 7) is 3.61. The van der Waals surface area contributed by atoms with Crippen molar-refractivity contribution in [2.75, 3.05) is 6.61 Å². The average Bonchev–Trinajstić information content (AvgIpc) is 3.15. The number of imide groups is 2. The molecule has 1 saturated carbocycles. The van der Waals surface area contributed by atoms with Gasteiger partial charge in [0, 0.05) is 5.02 Å². The van der Waals surface area contributed by atoms with E-state index in [1.165, 1.54) is 0 Å². The van der Waals surface area contributed by atoms with Crippen LogP contribution in [0.4, 0.5) is 4.79 Å². The summed E-state index contributed by atoms with van der Waals surface area (Å²) in [5, 5.41) is 4.82. The molecule has 0 bridgehead atoms. The molecule has 1 unspecified atom stereocenters. The lowest BCUT2D eigenvalue weighted by atomic mass is 9.86. The van der Waals surface area contributed by atoms with Crippen molar-refractivity contribution in [2.45, 2.75) is 58.3 Å². The Morgan fingerprint density at radius 2 is 1.86 bits per heavy atom. The highest BCUT2D eigenvalue weighted by atomic mass is 35.5. The third-order valence-corrected chi connectivity index (χ3v) is 5.47. The van der Waals surface area contributed by atoms with E-state index in [2.05, 4.69) is 10.1 Å². The molecule has 158 valence electrons. The van der Waals surface area contributed by atoms with Crippen molar-refractivity contribution < 1.29 is 23.9 Å². The molecule has 0 radical (unpaired) electrons. The Balaban J connectivity index is 2.04. The molecule has 1 aliphatic rings. The predicted octanol–water partition coefficient (Wildman–Crippen LogP) is 3.62. The first-order chi connectivity index (χ1) is 13.8. The molecule has 1 fully saturated rings. The van der Waals surface area contributed by atoms with Gasteiger partial charge in [0.1, 0.15) is 6.42 Å². The molecule has 0 saturated heterocycles. The first-order valence-electron chi connectivity index (χ1n) is 9.86. The van der Waals surface area contributed by atoms with Crippen LogP contribution in [0.1, 0.15) is 62.5 Å². The number of halogens is 1. The van der Waals surface area contributed by atoms with Gasteiger partial charge in [-0.3, -0.25) is 25.0 Å². The number of carbonyl (C=O) groups excluding carboxylic acids is 4. The Bertz CT molecular complexity index is 774. The van der Waals surface area contributed by atoms with E-state index in [9.17, 15) is 19.2 Å². The number of hydrogen-bond donors (Lipinski definition) is 2. The van der Waals surface area contributed by atoms with Gasteiger partial charge >= 0.3 is 12.0 Å². The molecule has 2 rings (SSSR count). The molecule has 0 aliphatic heterocycles. The third-order valence-electron chi connectivity index (χ3n) is 5.04. The largest absolute Gasteiger partial charge is 0.466 e. The average molecular weight is 423 g/mol. The number of esters is 1. The fourth-order valence-electron chi connectivity index (χ4n) is 3.60. The standard InChI is InChI=1S/C21H27ClN2O5/c1-3-29-19(26)12-18(25)23-21(28)24-20(27)16(11-14-6-4-5-7-14)15-8-9-17(22)13(2)10-15/h8-10,14,16H,3-7,11-12H2,1-2H3,(H2,23,24,25,27,28). The maximum Gasteiger partial charge on any atom is 0.328 e. The number of urea groups is 1. The van der Waals surface area contributed by atoms with Crippen LogP contribution in [0.5, 0.6) is 0 Å². The number of carbonyl (C=O) groups is 4. The lowest BCUT2D eigenvalue weighted by Gasteiger charge is -2.21. The summed E-state index contributed by atoms with van der Waals surface area (Å²) in [6.07, 6.45) is 4.43. The molecule has 0 aromatic heterocycles. The Kier molecular flexibility index (Phi) is 8.64. The molecule has 1 atom stereocenters. The second-order valence-electron chi connectivity index (χ2n) is 7.30. The van der Waals surface area contributed by atoms with Crippen LogP contribution < -0.4 is 10.6 Å². The van der Waals surface area contributed by atoms with Crippen molar-refractivity contribution in [3.05, 3.63) is 34.3 Å². The second-order valence-corrected chi connectivity index (χ2v) is 7.70. The van der Waals surface area contributed by atoms with Gasteiger partial charge in [0.2, 0.25) is 11.8 Å². The molecule has 4 amide bonds. The Hall–Kier alpha value is -2.41. The van der Waals surface area contributed by atoms with Gasteiger partial charge in [-0.25, -0.2) is 4.79 Å². The number of rotatable bonds is 7. The number of nitrogens with one attached hydrogen (secondary N) is 2. The first-order valence-corrected chi connectivity index (χ1v) is 10.2. The van der Waals surface area contributed by atoms with Crippen LogP contribution in [0, 0.1) is 12.8 Å². The molecule has 1 aromatic rings. The molecule has 29 heavy (non-hydrogen) atoms. The summed E-state index contributed by atoms with van der Waals surface area (Å²) >= 11 is 6.10. The fourth-order valence-corrected chi connectivity index (χ4v) is 3.72. The highest BCUT2D eigenvalue weighted by Crippen LogP contribution is 2.35. The van der Waals surface area contributed by atoms with E-state index in [-0.39, 0.29) is 6.61 Å². The summed E-state index contributed by atoms with van der Waals surface area (Å²) < 4.78 is 4.66. The van der Waals surface area contributed by atoms with Crippen molar-refractivity contribution >= 4 is 35.4 Å². The van der Waals surface area contributed by atoms with Gasteiger partial charge in [-0.2, -0.15) is 0 Å². The van der Waals surface area contributed by atoms with Gasteiger partial charge in [-0.1, -0.05) is 49.4 Å². The van der Waals surface area contributed by atoms with Crippen LogP contribution in [-0.2, 0) is 19.1 Å². The van der Waals surface area contributed by atoms with Crippen molar-refractivity contribution in [2.24, 2.45) is 5.92 Å². The van der Waals surface area contributed by atoms with Gasteiger partial charge in [-0.15, -0.1) is 0 Å². The van der Waals surface area contributed by atoms with Gasteiger partial charge in [0.05, 0.1) is 12.5 Å². The normalized spacial score (nSPS) is 14.9. The molecule has 0 spiro atoms. The molecular formula is C21H27ClN2O5. The molecule has 7 nitrogen and oxygen atoms in total. The highest BCUT2D eigenvalue weighted by molar-refractivity contribution is 6.31. The van der Waals surface area contributed by atoms with Crippen LogP contribution in [-0.4, -0.2) is 30.4 Å². The number of hydrogen-bond acceptors (Lipinski definition) is 5. The minimum atomic E-state index is -0.952. The number of amides is 4. The van der Waals surface area contributed by atoms with Crippen LogP contribution in [0.3, 0.4) is 0 Å². The monoisotopic (exact) mass is 422 g/mol. The van der Waals surface area contributed by atoms with E-state index in [0.717, 1.165) is 36.8 Å². The molecule has 2 N–H and O–H groups in total. The Labute approximate surface area is 175 Å².